The maximum atomic E-state index is 3.27. The van der Waals surface area contributed by atoms with Crippen LogP contribution in [0.2, 0.25) is 0 Å². The summed E-state index contributed by atoms with van der Waals surface area (Å²) in [4.78, 5) is 5.16. The number of nitrogens with zero attached hydrogens (tertiary/aromatic N) is 1. The molecule has 1 unspecified atom stereocenters. The first kappa shape index (κ1) is 13.5. The van der Waals surface area contributed by atoms with Crippen LogP contribution in [0.3, 0.4) is 0 Å². The van der Waals surface area contributed by atoms with Gasteiger partial charge in [0, 0.05) is 16.3 Å². The SMILES string of the molecule is CNCC(C)CN1c2ccccc2Sc2ccccc21. The van der Waals surface area contributed by atoms with Gasteiger partial charge in [0.25, 0.3) is 0 Å². The molecular weight excluding hydrogens is 264 g/mol. The first-order valence-electron chi connectivity index (χ1n) is 7.07. The molecule has 0 saturated heterocycles. The molecule has 3 heteroatoms. The zero-order valence-corrected chi connectivity index (χ0v) is 12.8. The zero-order valence-electron chi connectivity index (χ0n) is 12.0. The summed E-state index contributed by atoms with van der Waals surface area (Å²) in [6, 6.07) is 17.4. The largest absolute Gasteiger partial charge is 0.339 e. The Bertz CT molecular complexity index is 552. The molecule has 1 aliphatic heterocycles. The number of para-hydroxylation sites is 2. The molecular formula is C17H20N2S. The number of benzene rings is 2. The van der Waals surface area contributed by atoms with Gasteiger partial charge in [0.2, 0.25) is 0 Å². The standard InChI is InChI=1S/C17H20N2S/c1-13(11-18-2)12-19-14-7-3-5-9-16(14)20-17-10-6-4-8-15(17)19/h3-10,13,18H,11-12H2,1-2H3. The van der Waals surface area contributed by atoms with Crippen LogP contribution < -0.4 is 10.2 Å². The Balaban J connectivity index is 1.99. The Morgan fingerprint density at radius 3 is 2.10 bits per heavy atom. The molecule has 0 saturated carbocycles. The lowest BCUT2D eigenvalue weighted by Crippen LogP contribution is -2.30. The van der Waals surface area contributed by atoms with Gasteiger partial charge in [-0.3, -0.25) is 0 Å². The van der Waals surface area contributed by atoms with Crippen molar-refractivity contribution in [3.05, 3.63) is 48.5 Å². The molecule has 1 aliphatic rings. The van der Waals surface area contributed by atoms with E-state index in [9.17, 15) is 0 Å². The Hall–Kier alpha value is -1.45. The van der Waals surface area contributed by atoms with Gasteiger partial charge < -0.3 is 10.2 Å². The van der Waals surface area contributed by atoms with Gasteiger partial charge in [-0.2, -0.15) is 0 Å². The van der Waals surface area contributed by atoms with E-state index in [0.717, 1.165) is 13.1 Å². The molecule has 0 aromatic heterocycles. The van der Waals surface area contributed by atoms with E-state index in [1.807, 2.05) is 18.8 Å². The minimum atomic E-state index is 0.601. The zero-order chi connectivity index (χ0) is 13.9. The number of fused-ring (bicyclic) bond motifs is 2. The highest BCUT2D eigenvalue weighted by atomic mass is 32.2. The Labute approximate surface area is 125 Å². The minimum Gasteiger partial charge on any atom is -0.339 e. The number of rotatable bonds is 4. The van der Waals surface area contributed by atoms with Crippen LogP contribution in [0.5, 0.6) is 0 Å². The molecule has 0 radical (unpaired) electrons. The fourth-order valence-electron chi connectivity index (χ4n) is 2.70. The molecule has 1 N–H and O–H groups in total. The van der Waals surface area contributed by atoms with Crippen LogP contribution in [-0.4, -0.2) is 20.1 Å². The number of nitrogens with one attached hydrogen (secondary N) is 1. The van der Waals surface area contributed by atoms with Crippen molar-refractivity contribution in [3.8, 4) is 0 Å². The maximum Gasteiger partial charge on any atom is 0.0552 e. The van der Waals surface area contributed by atoms with E-state index in [-0.39, 0.29) is 0 Å². The van der Waals surface area contributed by atoms with Crippen molar-refractivity contribution in [2.24, 2.45) is 5.92 Å². The summed E-state index contributed by atoms with van der Waals surface area (Å²) in [7, 11) is 2.02. The van der Waals surface area contributed by atoms with Crippen LogP contribution in [-0.2, 0) is 0 Å². The highest BCUT2D eigenvalue weighted by molar-refractivity contribution is 7.99. The summed E-state index contributed by atoms with van der Waals surface area (Å²) < 4.78 is 0. The van der Waals surface area contributed by atoms with Gasteiger partial charge in [0.15, 0.2) is 0 Å². The molecule has 0 spiro atoms. The second kappa shape index (κ2) is 5.90. The predicted octanol–water partition coefficient (Wildman–Crippen LogP) is 4.14. The highest BCUT2D eigenvalue weighted by Gasteiger charge is 2.23. The molecule has 3 rings (SSSR count). The first-order valence-corrected chi connectivity index (χ1v) is 7.89. The summed E-state index contributed by atoms with van der Waals surface area (Å²) in [5.74, 6) is 0.601. The molecule has 104 valence electrons. The first-order chi connectivity index (χ1) is 9.79. The Kier molecular flexibility index (Phi) is 3.99. The van der Waals surface area contributed by atoms with Crippen molar-refractivity contribution >= 4 is 23.1 Å². The monoisotopic (exact) mass is 284 g/mol. The van der Waals surface area contributed by atoms with Crippen molar-refractivity contribution in [2.75, 3.05) is 25.0 Å². The van der Waals surface area contributed by atoms with Gasteiger partial charge in [0.1, 0.15) is 0 Å². The van der Waals surface area contributed by atoms with Gasteiger partial charge in [-0.25, -0.2) is 0 Å². The average Bonchev–Trinajstić information content (AvgIpc) is 2.47. The molecule has 0 bridgehead atoms. The number of anilines is 2. The smallest absolute Gasteiger partial charge is 0.0552 e. The third-order valence-corrected chi connectivity index (χ3v) is 4.71. The average molecular weight is 284 g/mol. The summed E-state index contributed by atoms with van der Waals surface area (Å²) >= 11 is 1.87. The second-order valence-electron chi connectivity index (χ2n) is 5.31. The van der Waals surface area contributed by atoms with Crippen molar-refractivity contribution in [1.82, 2.24) is 5.32 Å². The number of hydrogen-bond acceptors (Lipinski definition) is 3. The summed E-state index contributed by atoms with van der Waals surface area (Å²) in [6.45, 7) is 4.37. The molecule has 2 aromatic rings. The van der Waals surface area contributed by atoms with Crippen LogP contribution in [0.15, 0.2) is 58.3 Å². The molecule has 2 aromatic carbocycles. The maximum absolute atomic E-state index is 3.27. The van der Waals surface area contributed by atoms with Crippen LogP contribution in [0, 0.1) is 5.92 Å². The van der Waals surface area contributed by atoms with E-state index in [1.165, 1.54) is 21.2 Å². The topological polar surface area (TPSA) is 15.3 Å². The molecule has 0 amide bonds. The Morgan fingerprint density at radius 2 is 1.55 bits per heavy atom. The van der Waals surface area contributed by atoms with E-state index < -0.39 is 0 Å². The fraction of sp³-hybridized carbons (Fsp3) is 0.294. The molecule has 0 aliphatic carbocycles. The van der Waals surface area contributed by atoms with E-state index in [0.29, 0.717) is 5.92 Å². The van der Waals surface area contributed by atoms with Crippen LogP contribution in [0.1, 0.15) is 6.92 Å². The van der Waals surface area contributed by atoms with Gasteiger partial charge >= 0.3 is 0 Å². The van der Waals surface area contributed by atoms with E-state index in [2.05, 4.69) is 65.7 Å². The van der Waals surface area contributed by atoms with E-state index >= 15 is 0 Å². The van der Waals surface area contributed by atoms with Gasteiger partial charge in [-0.15, -0.1) is 0 Å². The van der Waals surface area contributed by atoms with Crippen LogP contribution in [0.4, 0.5) is 11.4 Å². The Morgan fingerprint density at radius 1 is 1.00 bits per heavy atom. The quantitative estimate of drug-likeness (QED) is 0.908. The van der Waals surface area contributed by atoms with Crippen LogP contribution in [0.25, 0.3) is 0 Å². The van der Waals surface area contributed by atoms with Gasteiger partial charge in [-0.1, -0.05) is 43.0 Å². The predicted molar refractivity (Wildman–Crippen MR) is 87.1 cm³/mol. The van der Waals surface area contributed by atoms with Crippen molar-refractivity contribution < 1.29 is 0 Å². The molecule has 1 heterocycles. The molecule has 0 fully saturated rings. The van der Waals surface area contributed by atoms with Gasteiger partial charge in [0.05, 0.1) is 11.4 Å². The lowest BCUT2D eigenvalue weighted by Gasteiger charge is -2.34. The van der Waals surface area contributed by atoms with Crippen molar-refractivity contribution in [2.45, 2.75) is 16.7 Å². The lowest BCUT2D eigenvalue weighted by molar-refractivity contribution is 0.547. The fourth-order valence-corrected chi connectivity index (χ4v) is 3.80. The van der Waals surface area contributed by atoms with E-state index in [4.69, 9.17) is 0 Å². The number of hydrogen-bond donors (Lipinski definition) is 1. The third-order valence-electron chi connectivity index (χ3n) is 3.58. The highest BCUT2D eigenvalue weighted by Crippen LogP contribution is 2.47. The molecule has 2 nitrogen and oxygen atoms in total. The van der Waals surface area contributed by atoms with Crippen molar-refractivity contribution in [3.63, 3.8) is 0 Å². The summed E-state index contributed by atoms with van der Waals surface area (Å²) in [6.07, 6.45) is 0. The molecule has 1 atom stereocenters. The van der Waals surface area contributed by atoms with Crippen LogP contribution >= 0.6 is 11.8 Å². The van der Waals surface area contributed by atoms with Crippen molar-refractivity contribution in [1.29, 1.82) is 0 Å². The molecule has 20 heavy (non-hydrogen) atoms. The lowest BCUT2D eigenvalue weighted by atomic mass is 10.1. The summed E-state index contributed by atoms with van der Waals surface area (Å²) in [5, 5.41) is 3.27. The minimum absolute atomic E-state index is 0.601. The van der Waals surface area contributed by atoms with E-state index in [1.54, 1.807) is 0 Å². The normalized spacial score (nSPS) is 14.6. The third kappa shape index (κ3) is 2.56. The van der Waals surface area contributed by atoms with Gasteiger partial charge in [-0.05, 0) is 43.8 Å². The second-order valence-corrected chi connectivity index (χ2v) is 6.39. The summed E-state index contributed by atoms with van der Waals surface area (Å²) in [5.41, 5.74) is 2.67.